The van der Waals surface area contributed by atoms with E-state index in [-0.39, 0.29) is 5.91 Å². The van der Waals surface area contributed by atoms with Crippen LogP contribution in [0.2, 0.25) is 0 Å². The van der Waals surface area contributed by atoms with Crippen LogP contribution >= 0.6 is 0 Å². The molecule has 0 bridgehead atoms. The molecule has 0 radical (unpaired) electrons. The van der Waals surface area contributed by atoms with Gasteiger partial charge in [0.1, 0.15) is 0 Å². The smallest absolute Gasteiger partial charge is 0.251 e. The predicted molar refractivity (Wildman–Crippen MR) is 116 cm³/mol. The van der Waals surface area contributed by atoms with Gasteiger partial charge in [-0.2, -0.15) is 0 Å². The van der Waals surface area contributed by atoms with Crippen LogP contribution in [-0.4, -0.2) is 55.0 Å². The summed E-state index contributed by atoms with van der Waals surface area (Å²) in [6.45, 7) is 14.7. The number of amides is 1. The van der Waals surface area contributed by atoms with E-state index >= 15 is 0 Å². The standard InChI is InChI=1S/C24H39N3O/c1-19-6-4-12-27(15-19)18-22-7-9-23(10-8-22)24(28)25-11-5-13-26-16-20(2)14-21(3)17-26/h7-10,19-21H,4-6,11-18H2,1-3H3,(H,25,28). The lowest BCUT2D eigenvalue weighted by Crippen LogP contribution is -2.40. The zero-order valence-electron chi connectivity index (χ0n) is 18.1. The molecule has 1 amide bonds. The molecule has 28 heavy (non-hydrogen) atoms. The number of hydrogen-bond donors (Lipinski definition) is 1. The van der Waals surface area contributed by atoms with Crippen LogP contribution in [0, 0.1) is 17.8 Å². The summed E-state index contributed by atoms with van der Waals surface area (Å²) in [5.74, 6) is 2.45. The lowest BCUT2D eigenvalue weighted by molar-refractivity contribution is 0.0947. The van der Waals surface area contributed by atoms with Gasteiger partial charge in [-0.05, 0) is 74.2 Å². The lowest BCUT2D eigenvalue weighted by atomic mass is 9.92. The fourth-order valence-electron chi connectivity index (χ4n) is 5.03. The number of rotatable bonds is 7. The highest BCUT2D eigenvalue weighted by atomic mass is 16.1. The first-order valence-electron chi connectivity index (χ1n) is 11.3. The summed E-state index contributed by atoms with van der Waals surface area (Å²) in [5.41, 5.74) is 2.08. The summed E-state index contributed by atoms with van der Waals surface area (Å²) in [5, 5.41) is 3.09. The second-order valence-corrected chi connectivity index (χ2v) is 9.49. The van der Waals surface area contributed by atoms with E-state index in [9.17, 15) is 4.79 Å². The predicted octanol–water partition coefficient (Wildman–Crippen LogP) is 4.02. The molecule has 2 aliphatic rings. The summed E-state index contributed by atoms with van der Waals surface area (Å²) in [6.07, 6.45) is 5.03. The molecule has 1 aromatic carbocycles. The Kier molecular flexibility index (Phi) is 7.92. The van der Waals surface area contributed by atoms with Crippen molar-refractivity contribution in [1.29, 1.82) is 0 Å². The number of hydrogen-bond acceptors (Lipinski definition) is 3. The Balaban J connectivity index is 1.37. The molecule has 2 saturated heterocycles. The maximum Gasteiger partial charge on any atom is 0.251 e. The van der Waals surface area contributed by atoms with Crippen LogP contribution in [0.25, 0.3) is 0 Å². The van der Waals surface area contributed by atoms with Gasteiger partial charge in [0.2, 0.25) is 0 Å². The van der Waals surface area contributed by atoms with Crippen molar-refractivity contribution in [3.8, 4) is 0 Å². The third-order valence-corrected chi connectivity index (χ3v) is 6.24. The van der Waals surface area contributed by atoms with E-state index in [4.69, 9.17) is 0 Å². The minimum Gasteiger partial charge on any atom is -0.352 e. The van der Waals surface area contributed by atoms with E-state index in [0.29, 0.717) is 0 Å². The number of piperidine rings is 2. The first-order chi connectivity index (χ1) is 13.5. The molecule has 2 fully saturated rings. The molecule has 1 aromatic rings. The van der Waals surface area contributed by atoms with Crippen molar-refractivity contribution in [3.63, 3.8) is 0 Å². The van der Waals surface area contributed by atoms with Gasteiger partial charge in [0.05, 0.1) is 0 Å². The number of carbonyl (C=O) groups is 1. The molecule has 4 nitrogen and oxygen atoms in total. The monoisotopic (exact) mass is 385 g/mol. The molecule has 3 atom stereocenters. The van der Waals surface area contributed by atoms with Gasteiger partial charge in [-0.3, -0.25) is 9.69 Å². The van der Waals surface area contributed by atoms with Crippen molar-refractivity contribution in [2.45, 2.75) is 53.0 Å². The van der Waals surface area contributed by atoms with E-state index in [1.165, 1.54) is 51.0 Å². The summed E-state index contributed by atoms with van der Waals surface area (Å²) < 4.78 is 0. The van der Waals surface area contributed by atoms with Gasteiger partial charge in [-0.15, -0.1) is 0 Å². The minimum absolute atomic E-state index is 0.0542. The summed E-state index contributed by atoms with van der Waals surface area (Å²) in [7, 11) is 0. The van der Waals surface area contributed by atoms with E-state index in [0.717, 1.165) is 49.4 Å². The first-order valence-corrected chi connectivity index (χ1v) is 11.3. The minimum atomic E-state index is 0.0542. The molecule has 3 rings (SSSR count). The zero-order chi connectivity index (χ0) is 19.9. The molecule has 1 N–H and O–H groups in total. The number of nitrogens with one attached hydrogen (secondary N) is 1. The average Bonchev–Trinajstić information content (AvgIpc) is 2.65. The van der Waals surface area contributed by atoms with Crippen molar-refractivity contribution < 1.29 is 4.79 Å². The number of likely N-dealkylation sites (tertiary alicyclic amines) is 2. The largest absolute Gasteiger partial charge is 0.352 e. The van der Waals surface area contributed by atoms with E-state index in [2.05, 4.69) is 48.0 Å². The Labute approximate surface area is 171 Å². The van der Waals surface area contributed by atoms with Gasteiger partial charge >= 0.3 is 0 Å². The molecule has 0 aliphatic carbocycles. The maximum absolute atomic E-state index is 12.4. The molecule has 0 saturated carbocycles. The first kappa shape index (κ1) is 21.3. The second kappa shape index (κ2) is 10.4. The van der Waals surface area contributed by atoms with Crippen molar-refractivity contribution >= 4 is 5.91 Å². The number of benzene rings is 1. The molecule has 3 unspecified atom stereocenters. The van der Waals surface area contributed by atoms with Crippen molar-refractivity contribution in [2.75, 3.05) is 39.3 Å². The van der Waals surface area contributed by atoms with Crippen LogP contribution < -0.4 is 5.32 Å². The summed E-state index contributed by atoms with van der Waals surface area (Å²) in [6, 6.07) is 8.19. The highest BCUT2D eigenvalue weighted by Crippen LogP contribution is 2.21. The van der Waals surface area contributed by atoms with Crippen LogP contribution in [0.4, 0.5) is 0 Å². The van der Waals surface area contributed by atoms with Gasteiger partial charge < -0.3 is 10.2 Å². The molecule has 4 heteroatoms. The Morgan fingerprint density at radius 2 is 1.68 bits per heavy atom. The number of carbonyl (C=O) groups excluding carboxylic acids is 1. The van der Waals surface area contributed by atoms with Gasteiger partial charge in [0.15, 0.2) is 0 Å². The normalized spacial score (nSPS) is 26.9. The van der Waals surface area contributed by atoms with Gasteiger partial charge in [0.25, 0.3) is 5.91 Å². The van der Waals surface area contributed by atoms with E-state index < -0.39 is 0 Å². The second-order valence-electron chi connectivity index (χ2n) is 9.49. The van der Waals surface area contributed by atoms with E-state index in [1.54, 1.807) is 0 Å². The van der Waals surface area contributed by atoms with E-state index in [1.807, 2.05) is 12.1 Å². The van der Waals surface area contributed by atoms with Gasteiger partial charge in [-0.1, -0.05) is 32.9 Å². The van der Waals surface area contributed by atoms with Crippen LogP contribution in [0.15, 0.2) is 24.3 Å². The van der Waals surface area contributed by atoms with Crippen molar-refractivity contribution in [3.05, 3.63) is 35.4 Å². The Morgan fingerprint density at radius 3 is 2.36 bits per heavy atom. The van der Waals surface area contributed by atoms with Crippen LogP contribution in [0.5, 0.6) is 0 Å². The van der Waals surface area contributed by atoms with Crippen LogP contribution in [0.1, 0.15) is 62.4 Å². The summed E-state index contributed by atoms with van der Waals surface area (Å²) in [4.78, 5) is 17.5. The zero-order valence-corrected chi connectivity index (χ0v) is 18.1. The molecule has 2 heterocycles. The maximum atomic E-state index is 12.4. The Morgan fingerprint density at radius 1 is 1.00 bits per heavy atom. The lowest BCUT2D eigenvalue weighted by Gasteiger charge is -2.34. The molecular formula is C24H39N3O. The average molecular weight is 386 g/mol. The SMILES string of the molecule is CC1CCCN(Cc2ccc(C(=O)NCCCN3CC(C)CC(C)C3)cc2)C1. The Hall–Kier alpha value is -1.39. The molecule has 156 valence electrons. The molecular weight excluding hydrogens is 346 g/mol. The fraction of sp³-hybridized carbons (Fsp3) is 0.708. The molecule has 2 aliphatic heterocycles. The quantitative estimate of drug-likeness (QED) is 0.720. The van der Waals surface area contributed by atoms with Gasteiger partial charge in [-0.25, -0.2) is 0 Å². The third-order valence-electron chi connectivity index (χ3n) is 6.24. The Bertz CT molecular complexity index is 605. The topological polar surface area (TPSA) is 35.6 Å². The van der Waals surface area contributed by atoms with Crippen molar-refractivity contribution in [2.24, 2.45) is 17.8 Å². The molecule has 0 spiro atoms. The summed E-state index contributed by atoms with van der Waals surface area (Å²) >= 11 is 0. The number of nitrogens with zero attached hydrogens (tertiary/aromatic N) is 2. The highest BCUT2D eigenvalue weighted by molar-refractivity contribution is 5.94. The molecule has 0 aromatic heterocycles. The van der Waals surface area contributed by atoms with Crippen LogP contribution in [0.3, 0.4) is 0 Å². The third kappa shape index (κ3) is 6.59. The highest BCUT2D eigenvalue weighted by Gasteiger charge is 2.21. The van der Waals surface area contributed by atoms with Gasteiger partial charge in [0, 0.05) is 38.3 Å². The fourth-order valence-corrected chi connectivity index (χ4v) is 5.03. The van der Waals surface area contributed by atoms with Crippen molar-refractivity contribution in [1.82, 2.24) is 15.1 Å². The van der Waals surface area contributed by atoms with Crippen LogP contribution in [-0.2, 0) is 6.54 Å².